The second kappa shape index (κ2) is 5.01. The molecule has 0 amide bonds. The highest BCUT2D eigenvalue weighted by molar-refractivity contribution is 6.08. The van der Waals surface area contributed by atoms with E-state index in [1.54, 1.807) is 6.07 Å². The third-order valence-corrected chi connectivity index (χ3v) is 1.92. The van der Waals surface area contributed by atoms with Crippen LogP contribution in [0, 0.1) is 0 Å². The first kappa shape index (κ1) is 10.2. The molecule has 1 aromatic heterocycles. The van der Waals surface area contributed by atoms with Crippen molar-refractivity contribution in [3.8, 4) is 0 Å². The van der Waals surface area contributed by atoms with Gasteiger partial charge in [0.2, 0.25) is 0 Å². The van der Waals surface area contributed by atoms with E-state index < -0.39 is 0 Å². The van der Waals surface area contributed by atoms with Crippen molar-refractivity contribution in [1.29, 1.82) is 0 Å². The van der Waals surface area contributed by atoms with Crippen LogP contribution in [0.2, 0.25) is 0 Å². The monoisotopic (exact) mass is 192 g/mol. The van der Waals surface area contributed by atoms with Crippen molar-refractivity contribution in [2.45, 2.75) is 19.8 Å². The van der Waals surface area contributed by atoms with Gasteiger partial charge in [-0.05, 0) is 18.6 Å². The van der Waals surface area contributed by atoms with Gasteiger partial charge in [-0.3, -0.25) is 0 Å². The molecule has 0 aliphatic carbocycles. The van der Waals surface area contributed by atoms with Gasteiger partial charge in [0.15, 0.2) is 0 Å². The van der Waals surface area contributed by atoms with Crippen LogP contribution in [0.1, 0.15) is 29.5 Å². The SMILES string of the molecule is CCCc1cccc(C(=O)[O][AlH])n1. The molecule has 0 bridgehead atoms. The van der Waals surface area contributed by atoms with E-state index in [1.165, 1.54) is 16.6 Å². The molecule has 0 N–H and O–H groups in total. The molecule has 0 aliphatic rings. The Morgan fingerprint density at radius 1 is 1.62 bits per heavy atom. The van der Waals surface area contributed by atoms with Crippen molar-refractivity contribution in [1.82, 2.24) is 4.98 Å². The first-order valence-electron chi connectivity index (χ1n) is 4.20. The molecule has 1 heterocycles. The van der Waals surface area contributed by atoms with Gasteiger partial charge in [-0.25, -0.2) is 9.78 Å². The Balaban J connectivity index is 2.85. The first-order valence-corrected chi connectivity index (χ1v) is 4.78. The van der Waals surface area contributed by atoms with Crippen molar-refractivity contribution in [3.05, 3.63) is 29.6 Å². The predicted octanol–water partition coefficient (Wildman–Crippen LogP) is 1.01. The number of hydrogen-bond acceptors (Lipinski definition) is 3. The Kier molecular flexibility index (Phi) is 3.94. The maximum Gasteiger partial charge on any atom is 0.497 e. The van der Waals surface area contributed by atoms with Crippen LogP contribution in [0.25, 0.3) is 0 Å². The van der Waals surface area contributed by atoms with Crippen molar-refractivity contribution in [3.63, 3.8) is 0 Å². The Morgan fingerprint density at radius 2 is 2.38 bits per heavy atom. The minimum atomic E-state index is -0.365. The zero-order valence-electron chi connectivity index (χ0n) is 7.62. The number of hydrogen-bond donors (Lipinski definition) is 0. The van der Waals surface area contributed by atoms with Gasteiger partial charge in [0.25, 0.3) is 0 Å². The number of nitrogens with zero attached hydrogens (tertiary/aromatic N) is 1. The van der Waals surface area contributed by atoms with Gasteiger partial charge in [-0.2, -0.15) is 0 Å². The van der Waals surface area contributed by atoms with Gasteiger partial charge in [-0.15, -0.1) is 0 Å². The lowest BCUT2D eigenvalue weighted by Gasteiger charge is -2.02. The molecule has 0 unspecified atom stereocenters. The molecule has 0 aliphatic heterocycles. The summed E-state index contributed by atoms with van der Waals surface area (Å²) in [7, 11) is 0. The third-order valence-electron chi connectivity index (χ3n) is 1.65. The second-order valence-electron chi connectivity index (χ2n) is 2.70. The normalized spacial score (nSPS) is 9.62. The minimum Gasteiger partial charge on any atom is -0.620 e. The molecule has 4 heteroatoms. The average molecular weight is 192 g/mol. The van der Waals surface area contributed by atoms with Gasteiger partial charge >= 0.3 is 22.6 Å². The van der Waals surface area contributed by atoms with Gasteiger partial charge in [0.1, 0.15) is 5.69 Å². The minimum absolute atomic E-state index is 0.365. The van der Waals surface area contributed by atoms with Crippen LogP contribution in [-0.4, -0.2) is 27.6 Å². The molecule has 0 saturated carbocycles. The molecule has 0 spiro atoms. The number of pyridine rings is 1. The molecular weight excluding hydrogens is 181 g/mol. The van der Waals surface area contributed by atoms with Gasteiger partial charge in [0, 0.05) is 5.69 Å². The molecule has 0 saturated heterocycles. The maximum absolute atomic E-state index is 11.1. The van der Waals surface area contributed by atoms with Gasteiger partial charge < -0.3 is 3.79 Å². The highest BCUT2D eigenvalue weighted by atomic mass is 27.1. The van der Waals surface area contributed by atoms with Gasteiger partial charge in [-0.1, -0.05) is 19.4 Å². The molecule has 67 valence electrons. The van der Waals surface area contributed by atoms with Crippen LogP contribution in [0.3, 0.4) is 0 Å². The largest absolute Gasteiger partial charge is 0.620 e. The van der Waals surface area contributed by atoms with Crippen molar-refractivity contribution in [2.75, 3.05) is 0 Å². The van der Waals surface area contributed by atoms with Crippen LogP contribution >= 0.6 is 0 Å². The van der Waals surface area contributed by atoms with Crippen molar-refractivity contribution < 1.29 is 8.58 Å². The summed E-state index contributed by atoms with van der Waals surface area (Å²) in [6.07, 6.45) is 1.92. The highest BCUT2D eigenvalue weighted by Crippen LogP contribution is 2.03. The molecule has 1 radical (unpaired) electrons. The summed E-state index contributed by atoms with van der Waals surface area (Å²) in [6.45, 7) is 2.08. The number of carbonyl (C=O) groups excluding carboxylic acids is 1. The Bertz CT molecular complexity index is 301. The number of aryl methyl sites for hydroxylation is 1. The number of carbonyl (C=O) groups is 1. The fourth-order valence-electron chi connectivity index (χ4n) is 1.06. The summed E-state index contributed by atoms with van der Waals surface area (Å²) in [4.78, 5) is 15.3. The summed E-state index contributed by atoms with van der Waals surface area (Å²) >= 11 is 1.17. The van der Waals surface area contributed by atoms with E-state index in [0.29, 0.717) is 5.69 Å². The summed E-state index contributed by atoms with van der Waals surface area (Å²) < 4.78 is 4.60. The molecule has 0 atom stereocenters. The fourth-order valence-corrected chi connectivity index (χ4v) is 1.21. The standard InChI is InChI=1S/C9H11NO2.Al.H/c1-2-4-7-5-3-6-8(10-7)9(11)12;;/h3,5-6H,2,4H2,1H3,(H,11,12);;/q;+1;/p-1. The lowest BCUT2D eigenvalue weighted by atomic mass is 10.2. The Labute approximate surface area is 85.9 Å². The van der Waals surface area contributed by atoms with Gasteiger partial charge in [0.05, 0.1) is 0 Å². The van der Waals surface area contributed by atoms with Crippen LogP contribution in [0.4, 0.5) is 0 Å². The van der Waals surface area contributed by atoms with E-state index >= 15 is 0 Å². The van der Waals surface area contributed by atoms with Crippen LogP contribution in [0.5, 0.6) is 0 Å². The quantitative estimate of drug-likeness (QED) is 0.671. The molecule has 0 aromatic carbocycles. The van der Waals surface area contributed by atoms with E-state index in [9.17, 15) is 4.79 Å². The predicted molar refractivity (Wildman–Crippen MR) is 50.8 cm³/mol. The fraction of sp³-hybridized carbons (Fsp3) is 0.333. The van der Waals surface area contributed by atoms with Crippen molar-refractivity contribution >= 4 is 22.6 Å². The summed E-state index contributed by atoms with van der Waals surface area (Å²) in [5.41, 5.74) is 1.33. The van der Waals surface area contributed by atoms with Crippen LogP contribution in [0.15, 0.2) is 18.2 Å². The molecule has 1 aromatic rings. The molecule has 3 nitrogen and oxygen atoms in total. The topological polar surface area (TPSA) is 39.2 Å². The smallest absolute Gasteiger partial charge is 0.497 e. The zero-order valence-corrected chi connectivity index (χ0v) is 9.03. The first-order chi connectivity index (χ1) is 6.27. The molecule has 0 fully saturated rings. The highest BCUT2D eigenvalue weighted by Gasteiger charge is 2.05. The lowest BCUT2D eigenvalue weighted by Crippen LogP contribution is -2.06. The van der Waals surface area contributed by atoms with E-state index in [4.69, 9.17) is 0 Å². The van der Waals surface area contributed by atoms with Crippen molar-refractivity contribution in [2.24, 2.45) is 0 Å². The van der Waals surface area contributed by atoms with Crippen LogP contribution < -0.4 is 0 Å². The third kappa shape index (κ3) is 2.84. The molecule has 13 heavy (non-hydrogen) atoms. The Hall–Kier alpha value is -0.848. The Morgan fingerprint density at radius 3 is 3.00 bits per heavy atom. The number of rotatable bonds is 3. The van der Waals surface area contributed by atoms with E-state index in [-0.39, 0.29) is 5.97 Å². The van der Waals surface area contributed by atoms with E-state index in [1.807, 2.05) is 12.1 Å². The summed E-state index contributed by atoms with van der Waals surface area (Å²) in [5.74, 6) is -0.365. The average Bonchev–Trinajstić information content (AvgIpc) is 2.18. The maximum atomic E-state index is 11.1. The second-order valence-corrected chi connectivity index (χ2v) is 2.98. The zero-order chi connectivity index (χ0) is 9.68. The molecule has 1 rings (SSSR count). The lowest BCUT2D eigenvalue weighted by molar-refractivity contribution is 0.0743. The molecular formula is C9H11AlNO2. The summed E-state index contributed by atoms with van der Waals surface area (Å²) in [5, 5.41) is 0. The van der Waals surface area contributed by atoms with Crippen LogP contribution in [-0.2, 0) is 10.2 Å². The van der Waals surface area contributed by atoms with E-state index in [2.05, 4.69) is 15.7 Å². The summed E-state index contributed by atoms with van der Waals surface area (Å²) in [6, 6.07) is 5.40. The number of aromatic nitrogens is 1. The van der Waals surface area contributed by atoms with E-state index in [0.717, 1.165) is 18.5 Å².